The predicted molar refractivity (Wildman–Crippen MR) is 94.2 cm³/mol. The zero-order valence-corrected chi connectivity index (χ0v) is 17.5. The lowest BCUT2D eigenvalue weighted by atomic mass is 9.95. The minimum Gasteiger partial charge on any atom is -0.386 e. The first-order valence-electron chi connectivity index (χ1n) is 7.53. The Balaban J connectivity index is 2.18. The van der Waals surface area contributed by atoms with Gasteiger partial charge in [0, 0.05) is 0 Å². The molecule has 1 saturated heterocycles. The zero-order valence-electron chi connectivity index (χ0n) is 14.8. The van der Waals surface area contributed by atoms with Crippen LogP contribution in [0.15, 0.2) is 11.0 Å². The van der Waals surface area contributed by atoms with Gasteiger partial charge in [-0.3, -0.25) is 4.52 Å². The lowest BCUT2D eigenvalue weighted by Crippen LogP contribution is -2.48. The van der Waals surface area contributed by atoms with Crippen molar-refractivity contribution in [1.29, 1.82) is 0 Å². The fourth-order valence-electron chi connectivity index (χ4n) is 2.30. The normalized spacial score (nSPS) is 30.3. The van der Waals surface area contributed by atoms with E-state index in [1.54, 1.807) is 5.92 Å². The molecule has 0 aliphatic carbocycles. The van der Waals surface area contributed by atoms with Crippen molar-refractivity contribution in [2.75, 3.05) is 12.3 Å². The second-order valence-electron chi connectivity index (χ2n) is 5.74. The number of hydrogen-bond donors (Lipinski definition) is 7. The minimum atomic E-state index is -5.78. The third-order valence-corrected chi connectivity index (χ3v) is 7.29. The van der Waals surface area contributed by atoms with Crippen LogP contribution in [0.3, 0.4) is 0 Å². The quantitative estimate of drug-likeness (QED) is 0.138. The van der Waals surface area contributed by atoms with E-state index < -0.39 is 59.8 Å². The first kappa shape index (κ1) is 25.7. The number of aliphatic hydroxyl groups is 2. The summed E-state index contributed by atoms with van der Waals surface area (Å²) in [5.41, 5.74) is 1.52. The number of terminal acetylenes is 1. The molecule has 1 aromatic heterocycles. The molecule has 31 heavy (non-hydrogen) atoms. The third-order valence-electron chi connectivity index (χ3n) is 3.49. The van der Waals surface area contributed by atoms with E-state index in [0.717, 1.165) is 6.20 Å². The first-order chi connectivity index (χ1) is 14.0. The molecule has 2 heterocycles. The van der Waals surface area contributed by atoms with Crippen LogP contribution in [0.5, 0.6) is 0 Å². The van der Waals surface area contributed by atoms with Gasteiger partial charge in [-0.2, -0.15) is 23.4 Å². The molecule has 6 atom stereocenters. The predicted octanol–water partition coefficient (Wildman–Crippen LogP) is -2.81. The van der Waals surface area contributed by atoms with Gasteiger partial charge in [0.15, 0.2) is 6.23 Å². The Hall–Kier alpha value is -1.54. The van der Waals surface area contributed by atoms with Crippen molar-refractivity contribution in [3.05, 3.63) is 16.7 Å². The van der Waals surface area contributed by atoms with E-state index in [2.05, 4.69) is 23.2 Å². The number of ether oxygens (including phenoxy) is 1. The molecule has 1 aromatic rings. The second kappa shape index (κ2) is 8.77. The first-order valence-corrected chi connectivity index (χ1v) is 12.0. The summed E-state index contributed by atoms with van der Waals surface area (Å²) < 4.78 is 50.6. The molecule has 18 nitrogen and oxygen atoms in total. The van der Waals surface area contributed by atoms with Crippen molar-refractivity contribution < 1.29 is 61.4 Å². The average Bonchev–Trinajstić information content (AvgIpc) is 2.82. The Bertz CT molecular complexity index is 1080. The van der Waals surface area contributed by atoms with Crippen molar-refractivity contribution in [2.45, 2.75) is 24.0 Å². The van der Waals surface area contributed by atoms with Crippen LogP contribution in [0.25, 0.3) is 0 Å². The van der Waals surface area contributed by atoms with Crippen LogP contribution in [0.4, 0.5) is 5.82 Å². The Kier molecular flexibility index (Phi) is 7.28. The summed E-state index contributed by atoms with van der Waals surface area (Å²) >= 11 is 0. The summed E-state index contributed by atoms with van der Waals surface area (Å²) in [6.07, 6.45) is 0.401. The number of nitrogens with zero attached hydrogens (tertiary/aromatic N) is 3. The van der Waals surface area contributed by atoms with Crippen molar-refractivity contribution in [2.24, 2.45) is 0 Å². The number of anilines is 1. The number of phosphoric ester groups is 1. The van der Waals surface area contributed by atoms with E-state index in [1.807, 2.05) is 0 Å². The van der Waals surface area contributed by atoms with Gasteiger partial charge in [-0.05, 0) is 0 Å². The van der Waals surface area contributed by atoms with Crippen molar-refractivity contribution >= 4 is 29.3 Å². The SMILES string of the molecule is C#CC1(O)[C@@H](O)[C@@H](COP(=O)(O)OP(=O)(O)OP(=O)(O)O)O[C@H]1n1ncc(N)nc1=O. The van der Waals surface area contributed by atoms with Crippen molar-refractivity contribution in [3.63, 3.8) is 0 Å². The summed E-state index contributed by atoms with van der Waals surface area (Å²) in [4.78, 5) is 50.7. The monoisotopic (exact) mass is 508 g/mol. The fourth-order valence-corrected chi connectivity index (χ4v) is 5.33. The Morgan fingerprint density at radius 3 is 2.39 bits per heavy atom. The molecular weight excluding hydrogens is 493 g/mol. The molecule has 174 valence electrons. The van der Waals surface area contributed by atoms with E-state index in [9.17, 15) is 33.6 Å². The smallest absolute Gasteiger partial charge is 0.386 e. The van der Waals surface area contributed by atoms with Crippen LogP contribution in [-0.4, -0.2) is 69.0 Å². The maximum atomic E-state index is 11.9. The van der Waals surface area contributed by atoms with Crippen molar-refractivity contribution in [3.8, 4) is 12.3 Å². The average molecular weight is 508 g/mol. The zero-order chi connectivity index (χ0) is 23.8. The number of nitrogen functional groups attached to an aromatic ring is 1. The van der Waals surface area contributed by atoms with Crippen LogP contribution < -0.4 is 11.4 Å². The Morgan fingerprint density at radius 1 is 1.26 bits per heavy atom. The number of phosphoric acid groups is 3. The van der Waals surface area contributed by atoms with Gasteiger partial charge in [-0.1, -0.05) is 5.92 Å². The molecular formula is C10H15N4O14P3. The molecule has 2 rings (SSSR count). The lowest BCUT2D eigenvalue weighted by molar-refractivity contribution is -0.0832. The van der Waals surface area contributed by atoms with E-state index in [0.29, 0.717) is 4.68 Å². The molecule has 1 aliphatic heterocycles. The molecule has 1 fully saturated rings. The number of aromatic nitrogens is 3. The molecule has 3 unspecified atom stereocenters. The lowest BCUT2D eigenvalue weighted by Gasteiger charge is -2.25. The maximum Gasteiger partial charge on any atom is 0.490 e. The number of hydrogen-bond acceptors (Lipinski definition) is 13. The van der Waals surface area contributed by atoms with Crippen LogP contribution in [0.2, 0.25) is 0 Å². The van der Waals surface area contributed by atoms with Crippen LogP contribution in [0, 0.1) is 12.3 Å². The highest BCUT2D eigenvalue weighted by molar-refractivity contribution is 7.66. The van der Waals surface area contributed by atoms with Crippen molar-refractivity contribution in [1.82, 2.24) is 14.8 Å². The van der Waals surface area contributed by atoms with E-state index in [4.69, 9.17) is 31.6 Å². The van der Waals surface area contributed by atoms with Crippen LogP contribution in [0.1, 0.15) is 6.23 Å². The Morgan fingerprint density at radius 2 is 1.87 bits per heavy atom. The molecule has 0 saturated carbocycles. The summed E-state index contributed by atoms with van der Waals surface area (Å²) in [5, 5.41) is 24.3. The second-order valence-corrected chi connectivity index (χ2v) is 10.2. The van der Waals surface area contributed by atoms with Gasteiger partial charge in [0.2, 0.25) is 5.60 Å². The van der Waals surface area contributed by atoms with Gasteiger partial charge in [-0.15, -0.1) is 6.42 Å². The minimum absolute atomic E-state index is 0.284. The largest absolute Gasteiger partial charge is 0.490 e. The molecule has 1 aliphatic rings. The summed E-state index contributed by atoms with van der Waals surface area (Å²) in [6, 6.07) is 0. The van der Waals surface area contributed by atoms with Gasteiger partial charge >= 0.3 is 29.2 Å². The highest BCUT2D eigenvalue weighted by Gasteiger charge is 2.57. The van der Waals surface area contributed by atoms with Gasteiger partial charge in [0.1, 0.15) is 18.0 Å². The van der Waals surface area contributed by atoms with Gasteiger partial charge in [-0.25, -0.2) is 18.5 Å². The molecule has 0 bridgehead atoms. The third kappa shape index (κ3) is 6.25. The molecule has 8 N–H and O–H groups in total. The summed E-state index contributed by atoms with van der Waals surface area (Å²) in [6.45, 7) is -1.15. The number of nitrogens with two attached hydrogens (primary N) is 1. The summed E-state index contributed by atoms with van der Waals surface area (Å²) in [5.74, 6) is 1.50. The van der Waals surface area contributed by atoms with Gasteiger partial charge < -0.3 is 40.3 Å². The molecule has 0 aromatic carbocycles. The van der Waals surface area contributed by atoms with Crippen LogP contribution >= 0.6 is 23.5 Å². The van der Waals surface area contributed by atoms with E-state index in [1.165, 1.54) is 0 Å². The summed E-state index contributed by atoms with van der Waals surface area (Å²) in [7, 11) is -16.9. The highest BCUT2D eigenvalue weighted by Crippen LogP contribution is 2.66. The van der Waals surface area contributed by atoms with Gasteiger partial charge in [0.05, 0.1) is 12.8 Å². The van der Waals surface area contributed by atoms with Crippen LogP contribution in [-0.2, 0) is 31.6 Å². The van der Waals surface area contributed by atoms with Gasteiger partial charge in [0.25, 0.3) is 0 Å². The van der Waals surface area contributed by atoms with E-state index in [-0.39, 0.29) is 5.82 Å². The number of aliphatic hydroxyl groups excluding tert-OH is 1. The maximum absolute atomic E-state index is 11.9. The molecule has 0 spiro atoms. The molecule has 0 amide bonds. The van der Waals surface area contributed by atoms with E-state index >= 15 is 0 Å². The number of rotatable bonds is 8. The fraction of sp³-hybridized carbons (Fsp3) is 0.500. The molecule has 21 heteroatoms. The Labute approximate surface area is 171 Å². The molecule has 0 radical (unpaired) electrons. The standard InChI is InChI=1S/C10H15N4O14P3/c1-2-10(17)7(15)5(26-8(10)14-9(16)13-6(11)3-12-14)4-25-30(21,22)28-31(23,24)27-29(18,19)20/h1,3,5,7-8,15,17H,4H2,(H,21,22)(H,23,24)(H2,11,13,16)(H2,18,19,20)/t5-,7+,8-,10?/m1/s1. The highest BCUT2D eigenvalue weighted by atomic mass is 31.3. The topological polar surface area (TPSA) is 283 Å².